The van der Waals surface area contributed by atoms with Gasteiger partial charge in [-0.15, -0.1) is 0 Å². The van der Waals surface area contributed by atoms with Gasteiger partial charge in [-0.2, -0.15) is 0 Å². The standard InChI is InChI=1S/C18H23FO5/c1-11-5-15(19)12(7-16(11)21)3-4-13-6-14(9-23-2)17(22)8-18(13)24-10-20/h5,7-8,13-14,20-21H,3-4,6,9-10H2,1-2H3. The van der Waals surface area contributed by atoms with Crippen molar-refractivity contribution in [3.63, 3.8) is 0 Å². The van der Waals surface area contributed by atoms with Crippen LogP contribution in [0, 0.1) is 24.6 Å². The molecule has 1 aliphatic carbocycles. The zero-order valence-electron chi connectivity index (χ0n) is 13.9. The number of benzene rings is 1. The van der Waals surface area contributed by atoms with Crippen LogP contribution in [-0.2, 0) is 20.7 Å². The highest BCUT2D eigenvalue weighted by Crippen LogP contribution is 2.32. The van der Waals surface area contributed by atoms with E-state index in [4.69, 9.17) is 14.6 Å². The van der Waals surface area contributed by atoms with Gasteiger partial charge in [-0.05, 0) is 49.4 Å². The van der Waals surface area contributed by atoms with Crippen LogP contribution in [0.2, 0.25) is 0 Å². The number of carbonyl (C=O) groups is 1. The maximum Gasteiger partial charge on any atom is 0.185 e. The molecule has 0 heterocycles. The summed E-state index contributed by atoms with van der Waals surface area (Å²) in [6.45, 7) is 1.45. The maximum atomic E-state index is 14.0. The number of aliphatic hydroxyl groups is 1. The number of rotatable bonds is 7. The molecule has 0 bridgehead atoms. The van der Waals surface area contributed by atoms with Crippen molar-refractivity contribution in [1.29, 1.82) is 0 Å². The van der Waals surface area contributed by atoms with E-state index in [2.05, 4.69) is 0 Å². The third-order valence-electron chi connectivity index (χ3n) is 4.38. The SMILES string of the molecule is COCC1CC(CCc2cc(O)c(C)cc2F)C(OCO)=CC1=O. The number of allylic oxidation sites excluding steroid dienone is 2. The van der Waals surface area contributed by atoms with E-state index in [1.54, 1.807) is 6.92 Å². The fourth-order valence-electron chi connectivity index (χ4n) is 3.02. The molecule has 0 radical (unpaired) electrons. The highest BCUT2D eigenvalue weighted by molar-refractivity contribution is 5.93. The summed E-state index contributed by atoms with van der Waals surface area (Å²) in [7, 11) is 1.54. The number of carbonyl (C=O) groups excluding carboxylic acids is 1. The number of halogens is 1. The molecule has 2 N–H and O–H groups in total. The minimum atomic E-state index is -0.510. The number of ether oxygens (including phenoxy) is 2. The van der Waals surface area contributed by atoms with Gasteiger partial charge in [0, 0.05) is 25.0 Å². The largest absolute Gasteiger partial charge is 0.508 e. The van der Waals surface area contributed by atoms with E-state index in [9.17, 15) is 14.3 Å². The Balaban J connectivity index is 2.12. The molecule has 132 valence electrons. The molecule has 2 atom stereocenters. The number of phenolic OH excluding ortho intramolecular Hbond substituents is 1. The average Bonchev–Trinajstić information content (AvgIpc) is 2.53. The van der Waals surface area contributed by atoms with Crippen LogP contribution in [0.4, 0.5) is 4.39 Å². The van der Waals surface area contributed by atoms with Gasteiger partial charge in [-0.3, -0.25) is 4.79 Å². The van der Waals surface area contributed by atoms with Crippen molar-refractivity contribution in [3.05, 3.63) is 40.9 Å². The summed E-state index contributed by atoms with van der Waals surface area (Å²) in [4.78, 5) is 12.0. The molecule has 0 fully saturated rings. The summed E-state index contributed by atoms with van der Waals surface area (Å²) in [6, 6.07) is 2.74. The van der Waals surface area contributed by atoms with Crippen molar-refractivity contribution in [1.82, 2.24) is 0 Å². The average molecular weight is 338 g/mol. The molecule has 5 nitrogen and oxygen atoms in total. The monoisotopic (exact) mass is 338 g/mol. The molecule has 2 unspecified atom stereocenters. The quantitative estimate of drug-likeness (QED) is 0.747. The number of phenols is 1. The molecular formula is C18H23FO5. The van der Waals surface area contributed by atoms with Crippen molar-refractivity contribution < 1.29 is 28.9 Å². The van der Waals surface area contributed by atoms with Crippen molar-refractivity contribution in [2.75, 3.05) is 20.5 Å². The minimum Gasteiger partial charge on any atom is -0.508 e. The van der Waals surface area contributed by atoms with Gasteiger partial charge in [0.2, 0.25) is 0 Å². The van der Waals surface area contributed by atoms with Gasteiger partial charge in [-0.25, -0.2) is 4.39 Å². The Bertz CT molecular complexity index is 626. The Hall–Kier alpha value is -1.92. The first-order valence-electron chi connectivity index (χ1n) is 7.92. The summed E-state index contributed by atoms with van der Waals surface area (Å²) >= 11 is 0. The summed E-state index contributed by atoms with van der Waals surface area (Å²) in [6.07, 6.45) is 2.86. The van der Waals surface area contributed by atoms with E-state index < -0.39 is 6.79 Å². The van der Waals surface area contributed by atoms with Crippen molar-refractivity contribution in [2.24, 2.45) is 11.8 Å². The smallest absolute Gasteiger partial charge is 0.185 e. The van der Waals surface area contributed by atoms with E-state index in [0.29, 0.717) is 42.8 Å². The first-order chi connectivity index (χ1) is 11.5. The second-order valence-electron chi connectivity index (χ2n) is 6.08. The number of aromatic hydroxyl groups is 1. The fourth-order valence-corrected chi connectivity index (χ4v) is 3.02. The Morgan fingerprint density at radius 2 is 2.08 bits per heavy atom. The van der Waals surface area contributed by atoms with Gasteiger partial charge in [0.1, 0.15) is 17.3 Å². The Kier molecular flexibility index (Phi) is 6.34. The van der Waals surface area contributed by atoms with Crippen LogP contribution in [0.15, 0.2) is 24.0 Å². The third kappa shape index (κ3) is 4.33. The highest BCUT2D eigenvalue weighted by Gasteiger charge is 2.31. The topological polar surface area (TPSA) is 76.0 Å². The van der Waals surface area contributed by atoms with Gasteiger partial charge in [-0.1, -0.05) is 0 Å². The molecule has 24 heavy (non-hydrogen) atoms. The van der Waals surface area contributed by atoms with E-state index >= 15 is 0 Å². The van der Waals surface area contributed by atoms with Crippen LogP contribution in [0.3, 0.4) is 0 Å². The second kappa shape index (κ2) is 8.26. The molecule has 1 aromatic rings. The summed E-state index contributed by atoms with van der Waals surface area (Å²) in [5, 5.41) is 18.7. The molecular weight excluding hydrogens is 315 g/mol. The lowest BCUT2D eigenvalue weighted by molar-refractivity contribution is -0.122. The molecule has 0 aliphatic heterocycles. The Morgan fingerprint density at radius 1 is 1.33 bits per heavy atom. The van der Waals surface area contributed by atoms with Gasteiger partial charge in [0.05, 0.1) is 6.61 Å². The molecule has 1 aliphatic rings. The van der Waals surface area contributed by atoms with Crippen LogP contribution in [0.5, 0.6) is 5.75 Å². The van der Waals surface area contributed by atoms with Crippen LogP contribution in [0.25, 0.3) is 0 Å². The molecule has 0 saturated carbocycles. The van der Waals surface area contributed by atoms with Crippen LogP contribution in [0.1, 0.15) is 24.0 Å². The molecule has 0 saturated heterocycles. The maximum absolute atomic E-state index is 14.0. The Labute approximate surface area is 140 Å². The number of hydrogen-bond acceptors (Lipinski definition) is 5. The predicted octanol–water partition coefficient (Wildman–Crippen LogP) is 2.47. The lowest BCUT2D eigenvalue weighted by Crippen LogP contribution is -2.28. The highest BCUT2D eigenvalue weighted by atomic mass is 19.1. The van der Waals surface area contributed by atoms with Crippen LogP contribution in [-0.4, -0.2) is 36.5 Å². The number of ketones is 1. The van der Waals surface area contributed by atoms with Crippen molar-refractivity contribution in [2.45, 2.75) is 26.2 Å². The first-order valence-corrected chi connectivity index (χ1v) is 7.92. The zero-order valence-corrected chi connectivity index (χ0v) is 13.9. The predicted molar refractivity (Wildman–Crippen MR) is 85.9 cm³/mol. The number of methoxy groups -OCH3 is 1. The van der Waals surface area contributed by atoms with Crippen LogP contribution >= 0.6 is 0 Å². The van der Waals surface area contributed by atoms with Gasteiger partial charge >= 0.3 is 0 Å². The van der Waals surface area contributed by atoms with Crippen molar-refractivity contribution >= 4 is 5.78 Å². The molecule has 0 spiro atoms. The van der Waals surface area contributed by atoms with Crippen molar-refractivity contribution in [3.8, 4) is 5.75 Å². The molecule has 1 aromatic carbocycles. The van der Waals surface area contributed by atoms with E-state index in [1.807, 2.05) is 0 Å². The third-order valence-corrected chi connectivity index (χ3v) is 4.38. The summed E-state index contributed by atoms with van der Waals surface area (Å²) in [5.41, 5.74) is 0.908. The molecule has 0 amide bonds. The van der Waals surface area contributed by atoms with E-state index in [0.717, 1.165) is 0 Å². The van der Waals surface area contributed by atoms with E-state index in [-0.39, 0.29) is 29.2 Å². The van der Waals surface area contributed by atoms with Crippen LogP contribution < -0.4 is 0 Å². The number of hydrogen-bond donors (Lipinski definition) is 2. The number of aryl methyl sites for hydroxylation is 2. The lowest BCUT2D eigenvalue weighted by atomic mass is 9.81. The van der Waals surface area contributed by atoms with Gasteiger partial charge in [0.15, 0.2) is 12.6 Å². The van der Waals surface area contributed by atoms with Gasteiger partial charge < -0.3 is 19.7 Å². The lowest BCUT2D eigenvalue weighted by Gasteiger charge is -2.28. The first kappa shape index (κ1) is 18.4. The normalized spacial score (nSPS) is 20.8. The Morgan fingerprint density at radius 3 is 2.75 bits per heavy atom. The summed E-state index contributed by atoms with van der Waals surface area (Å²) < 4.78 is 24.3. The minimum absolute atomic E-state index is 0.0601. The molecule has 2 rings (SSSR count). The zero-order chi connectivity index (χ0) is 17.7. The van der Waals surface area contributed by atoms with E-state index in [1.165, 1.54) is 25.3 Å². The molecule has 0 aromatic heterocycles. The van der Waals surface area contributed by atoms with Gasteiger partial charge in [0.25, 0.3) is 0 Å². The fraction of sp³-hybridized carbons (Fsp3) is 0.500. The molecule has 6 heteroatoms. The second-order valence-corrected chi connectivity index (χ2v) is 6.08. The number of aliphatic hydroxyl groups excluding tert-OH is 1. The summed E-state index contributed by atoms with van der Waals surface area (Å²) in [5.74, 6) is -0.341.